The van der Waals surface area contributed by atoms with Crippen molar-refractivity contribution in [2.24, 2.45) is 0 Å². The Bertz CT molecular complexity index is 523. The van der Waals surface area contributed by atoms with Gasteiger partial charge in [0.2, 0.25) is 0 Å². The Morgan fingerprint density at radius 1 is 1.60 bits per heavy atom. The number of methoxy groups -OCH3 is 1. The fourth-order valence-electron chi connectivity index (χ4n) is 1.98. The van der Waals surface area contributed by atoms with Gasteiger partial charge in [0.1, 0.15) is 0 Å². The maximum Gasteiger partial charge on any atom is 0.406 e. The van der Waals surface area contributed by atoms with E-state index in [0.717, 1.165) is 22.9 Å². The molecule has 1 N–H and O–H groups in total. The van der Waals surface area contributed by atoms with Gasteiger partial charge in [-0.25, -0.2) is 4.79 Å². The van der Waals surface area contributed by atoms with Gasteiger partial charge in [0.05, 0.1) is 17.7 Å². The van der Waals surface area contributed by atoms with Gasteiger partial charge in [-0.2, -0.15) is 0 Å². The van der Waals surface area contributed by atoms with Crippen LogP contribution < -0.4 is 10.2 Å². The molecule has 0 atom stereocenters. The minimum atomic E-state index is -0.458. The molecule has 1 aromatic carbocycles. The number of nitro benzene ring substituents is 1. The molecule has 0 saturated carbocycles. The van der Waals surface area contributed by atoms with Gasteiger partial charge < -0.3 is 15.0 Å². The van der Waals surface area contributed by atoms with Crippen LogP contribution in [0.25, 0.3) is 0 Å². The number of anilines is 1. The molecule has 20 heavy (non-hydrogen) atoms. The standard InChI is InChI=1S/C12H15N3O4S/c1-19-12(16)13-4-5-14-6-7-20-11-8-9(15(17)18)2-3-10(11)14/h2-3,8H,4-7H2,1H3,(H,13,16). The van der Waals surface area contributed by atoms with Gasteiger partial charge in [-0.05, 0) is 6.07 Å². The number of amides is 1. The van der Waals surface area contributed by atoms with Gasteiger partial charge in [-0.3, -0.25) is 10.1 Å². The third-order valence-electron chi connectivity index (χ3n) is 2.95. The molecular weight excluding hydrogens is 282 g/mol. The fraction of sp³-hybridized carbons (Fsp3) is 0.417. The van der Waals surface area contributed by atoms with Crippen LogP contribution in [0, 0.1) is 10.1 Å². The number of hydrogen-bond acceptors (Lipinski definition) is 6. The van der Waals surface area contributed by atoms with Crippen molar-refractivity contribution in [2.45, 2.75) is 4.90 Å². The van der Waals surface area contributed by atoms with Gasteiger partial charge in [-0.1, -0.05) is 0 Å². The summed E-state index contributed by atoms with van der Waals surface area (Å²) in [7, 11) is 1.32. The lowest BCUT2D eigenvalue weighted by Gasteiger charge is -2.30. The number of carbonyl (C=O) groups excluding carboxylic acids is 1. The highest BCUT2D eigenvalue weighted by Crippen LogP contribution is 2.36. The third-order valence-corrected chi connectivity index (χ3v) is 3.97. The topological polar surface area (TPSA) is 84.7 Å². The van der Waals surface area contributed by atoms with Crippen LogP contribution >= 0.6 is 11.8 Å². The lowest BCUT2D eigenvalue weighted by molar-refractivity contribution is -0.385. The Hall–Kier alpha value is -1.96. The van der Waals surface area contributed by atoms with E-state index < -0.39 is 11.0 Å². The van der Waals surface area contributed by atoms with Crippen LogP contribution in [-0.2, 0) is 4.74 Å². The normalized spacial score (nSPS) is 13.6. The van der Waals surface area contributed by atoms with Crippen LogP contribution in [0.5, 0.6) is 0 Å². The number of fused-ring (bicyclic) bond motifs is 1. The zero-order chi connectivity index (χ0) is 14.5. The smallest absolute Gasteiger partial charge is 0.406 e. The molecule has 1 aromatic rings. The highest BCUT2D eigenvalue weighted by molar-refractivity contribution is 7.99. The van der Waals surface area contributed by atoms with E-state index in [-0.39, 0.29) is 5.69 Å². The molecule has 0 aliphatic carbocycles. The van der Waals surface area contributed by atoms with E-state index >= 15 is 0 Å². The van der Waals surface area contributed by atoms with Crippen LogP contribution in [0.2, 0.25) is 0 Å². The lowest BCUT2D eigenvalue weighted by atomic mass is 10.2. The van der Waals surface area contributed by atoms with Crippen molar-refractivity contribution in [1.82, 2.24) is 5.32 Å². The average molecular weight is 297 g/mol. The summed E-state index contributed by atoms with van der Waals surface area (Å²) >= 11 is 1.61. The quantitative estimate of drug-likeness (QED) is 0.674. The zero-order valence-electron chi connectivity index (χ0n) is 11.0. The minimum Gasteiger partial charge on any atom is -0.453 e. The van der Waals surface area contributed by atoms with Crippen molar-refractivity contribution < 1.29 is 14.5 Å². The Balaban J connectivity index is 2.04. The number of hydrogen-bond donors (Lipinski definition) is 1. The molecule has 7 nitrogen and oxygen atoms in total. The van der Waals surface area contributed by atoms with Crippen molar-refractivity contribution in [3.05, 3.63) is 28.3 Å². The maximum absolute atomic E-state index is 11.0. The van der Waals surface area contributed by atoms with Gasteiger partial charge in [0.25, 0.3) is 5.69 Å². The predicted molar refractivity (Wildman–Crippen MR) is 76.4 cm³/mol. The first-order valence-electron chi connectivity index (χ1n) is 6.10. The number of alkyl carbamates (subject to hydrolysis) is 1. The molecule has 0 spiro atoms. The molecule has 0 radical (unpaired) electrons. The molecule has 2 rings (SSSR count). The Kier molecular flexibility index (Phi) is 4.67. The van der Waals surface area contributed by atoms with Crippen molar-refractivity contribution in [1.29, 1.82) is 0 Å². The Morgan fingerprint density at radius 2 is 2.40 bits per heavy atom. The number of rotatable bonds is 4. The molecule has 0 saturated heterocycles. The fourth-order valence-corrected chi connectivity index (χ4v) is 3.06. The number of nitrogens with zero attached hydrogens (tertiary/aromatic N) is 2. The summed E-state index contributed by atoms with van der Waals surface area (Å²) in [5.41, 5.74) is 1.07. The van der Waals surface area contributed by atoms with Crippen molar-refractivity contribution in [3.8, 4) is 0 Å². The second kappa shape index (κ2) is 6.47. The number of benzene rings is 1. The van der Waals surface area contributed by atoms with E-state index in [1.807, 2.05) is 0 Å². The molecule has 1 aliphatic rings. The number of ether oxygens (including phenoxy) is 1. The van der Waals surface area contributed by atoms with Crippen LogP contribution in [0.1, 0.15) is 0 Å². The van der Waals surface area contributed by atoms with Gasteiger partial charge in [0.15, 0.2) is 0 Å². The molecular formula is C12H15N3O4S. The van der Waals surface area contributed by atoms with Crippen LogP contribution in [0.4, 0.5) is 16.2 Å². The number of nitro groups is 1. The van der Waals surface area contributed by atoms with E-state index in [2.05, 4.69) is 15.0 Å². The molecule has 0 bridgehead atoms. The summed E-state index contributed by atoms with van der Waals surface area (Å²) in [6.07, 6.45) is -0.458. The first kappa shape index (κ1) is 14.4. The number of nitrogens with one attached hydrogen (secondary N) is 1. The van der Waals surface area contributed by atoms with Crippen LogP contribution in [-0.4, -0.2) is 43.5 Å². The first-order chi connectivity index (χ1) is 9.61. The van der Waals surface area contributed by atoms with Crippen molar-refractivity contribution in [3.63, 3.8) is 0 Å². The number of carbonyl (C=O) groups is 1. The molecule has 8 heteroatoms. The van der Waals surface area contributed by atoms with E-state index in [9.17, 15) is 14.9 Å². The third kappa shape index (κ3) is 3.32. The van der Waals surface area contributed by atoms with E-state index in [4.69, 9.17) is 0 Å². The summed E-state index contributed by atoms with van der Waals surface area (Å²) in [6, 6.07) is 4.86. The summed E-state index contributed by atoms with van der Waals surface area (Å²) in [6.45, 7) is 1.95. The SMILES string of the molecule is COC(=O)NCCN1CCSc2cc([N+](=O)[O-])ccc21. The highest BCUT2D eigenvalue weighted by atomic mass is 32.2. The molecule has 0 fully saturated rings. The lowest BCUT2D eigenvalue weighted by Crippen LogP contribution is -2.37. The first-order valence-corrected chi connectivity index (χ1v) is 7.08. The van der Waals surface area contributed by atoms with Gasteiger partial charge in [-0.15, -0.1) is 11.8 Å². The largest absolute Gasteiger partial charge is 0.453 e. The van der Waals surface area contributed by atoms with E-state index in [1.165, 1.54) is 13.2 Å². The van der Waals surface area contributed by atoms with E-state index in [0.29, 0.717) is 13.1 Å². The molecule has 0 unspecified atom stereocenters. The second-order valence-electron chi connectivity index (χ2n) is 4.16. The van der Waals surface area contributed by atoms with E-state index in [1.54, 1.807) is 23.9 Å². The Labute approximate surface area is 120 Å². The maximum atomic E-state index is 11.0. The zero-order valence-corrected chi connectivity index (χ0v) is 11.8. The average Bonchev–Trinajstić information content (AvgIpc) is 2.46. The molecule has 1 heterocycles. The minimum absolute atomic E-state index is 0.103. The number of non-ortho nitro benzene ring substituents is 1. The van der Waals surface area contributed by atoms with Crippen LogP contribution in [0.15, 0.2) is 23.1 Å². The van der Waals surface area contributed by atoms with Crippen LogP contribution in [0.3, 0.4) is 0 Å². The summed E-state index contributed by atoms with van der Waals surface area (Å²) < 4.78 is 4.50. The monoisotopic (exact) mass is 297 g/mol. The molecule has 0 aromatic heterocycles. The van der Waals surface area contributed by atoms with Crippen molar-refractivity contribution in [2.75, 3.05) is 37.4 Å². The Morgan fingerprint density at radius 3 is 3.10 bits per heavy atom. The molecule has 1 amide bonds. The van der Waals surface area contributed by atoms with Crippen molar-refractivity contribution >= 4 is 29.2 Å². The molecule has 1 aliphatic heterocycles. The number of thioether (sulfide) groups is 1. The summed E-state index contributed by atoms with van der Waals surface area (Å²) in [5.74, 6) is 0.867. The summed E-state index contributed by atoms with van der Waals surface area (Å²) in [5, 5.41) is 13.4. The van der Waals surface area contributed by atoms with Gasteiger partial charge in [0, 0.05) is 42.4 Å². The summed E-state index contributed by atoms with van der Waals surface area (Å²) in [4.78, 5) is 24.4. The predicted octanol–water partition coefficient (Wildman–Crippen LogP) is 1.86. The van der Waals surface area contributed by atoms with Gasteiger partial charge >= 0.3 is 6.09 Å². The second-order valence-corrected chi connectivity index (χ2v) is 5.30. The highest BCUT2D eigenvalue weighted by Gasteiger charge is 2.20. The molecule has 108 valence electrons.